The summed E-state index contributed by atoms with van der Waals surface area (Å²) in [6, 6.07) is 10.2. The Hall–Kier alpha value is -1.76. The van der Waals surface area contributed by atoms with E-state index in [9.17, 15) is 18.3 Å². The van der Waals surface area contributed by atoms with Gasteiger partial charge in [0.05, 0.1) is 28.1 Å². The lowest BCUT2D eigenvalue weighted by Gasteiger charge is -2.26. The number of carbonyl (C=O) groups excluding carboxylic acids is 1. The number of rotatable bonds is 5. The fraction of sp³-hybridized carbons (Fsp3) is 0.133. The maximum atomic E-state index is 12.8. The number of aliphatic carboxylic acids is 1. The highest BCUT2D eigenvalue weighted by Gasteiger charge is 2.27. The molecule has 5 nitrogen and oxygen atoms in total. The number of nitrogens with zero attached hydrogens (tertiary/aromatic N) is 1. The van der Waals surface area contributed by atoms with Crippen LogP contribution in [-0.4, -0.2) is 20.9 Å². The molecule has 0 fully saturated rings. The summed E-state index contributed by atoms with van der Waals surface area (Å²) in [6.45, 7) is 0.930. The van der Waals surface area contributed by atoms with Gasteiger partial charge in [0, 0.05) is 5.02 Å². The highest BCUT2D eigenvalue weighted by molar-refractivity contribution is 7.92. The van der Waals surface area contributed by atoms with Crippen LogP contribution in [-0.2, 0) is 14.8 Å². The fourth-order valence-corrected chi connectivity index (χ4v) is 3.79. The SMILES string of the molecule is Cc1ccc(S(=O)(=O)N(CC(=O)[O-])c2cc(Cl)ccc2Cl)cc1. The van der Waals surface area contributed by atoms with Crippen molar-refractivity contribution in [3.8, 4) is 0 Å². The molecule has 8 heteroatoms. The van der Waals surface area contributed by atoms with Gasteiger partial charge in [-0.05, 0) is 37.3 Å². The molecule has 0 saturated heterocycles. The average Bonchev–Trinajstić information content (AvgIpc) is 2.47. The summed E-state index contributed by atoms with van der Waals surface area (Å²) >= 11 is 11.9. The molecule has 0 N–H and O–H groups in total. The van der Waals surface area contributed by atoms with Gasteiger partial charge >= 0.3 is 0 Å². The molecule has 0 aromatic heterocycles. The first-order valence-electron chi connectivity index (χ1n) is 6.46. The van der Waals surface area contributed by atoms with Crippen LogP contribution >= 0.6 is 23.2 Å². The van der Waals surface area contributed by atoms with Crippen molar-refractivity contribution in [1.29, 1.82) is 0 Å². The van der Waals surface area contributed by atoms with Crippen LogP contribution in [0, 0.1) is 6.92 Å². The number of anilines is 1. The summed E-state index contributed by atoms with van der Waals surface area (Å²) in [4.78, 5) is 11.0. The number of carboxylic acids is 1. The Bertz CT molecular complexity index is 835. The Kier molecular flexibility index (Phi) is 5.19. The molecule has 23 heavy (non-hydrogen) atoms. The monoisotopic (exact) mass is 372 g/mol. The van der Waals surface area contributed by atoms with Crippen LogP contribution in [0.5, 0.6) is 0 Å². The lowest BCUT2D eigenvalue weighted by atomic mass is 10.2. The molecule has 2 aromatic carbocycles. The minimum atomic E-state index is -4.14. The van der Waals surface area contributed by atoms with Gasteiger partial charge in [0.25, 0.3) is 10.0 Å². The lowest BCUT2D eigenvalue weighted by molar-refractivity contribution is -0.303. The fourth-order valence-electron chi connectivity index (χ4n) is 1.93. The summed E-state index contributed by atoms with van der Waals surface area (Å²) in [5, 5.41) is 11.3. The largest absolute Gasteiger partial charge is 0.548 e. The Balaban J connectivity index is 2.60. The van der Waals surface area contributed by atoms with Crippen molar-refractivity contribution in [2.45, 2.75) is 11.8 Å². The van der Waals surface area contributed by atoms with Crippen molar-refractivity contribution in [3.05, 3.63) is 58.1 Å². The van der Waals surface area contributed by atoms with E-state index in [-0.39, 0.29) is 20.6 Å². The zero-order valence-electron chi connectivity index (χ0n) is 12.0. The van der Waals surface area contributed by atoms with Gasteiger partial charge in [0.15, 0.2) is 0 Å². The molecule has 0 radical (unpaired) electrons. The van der Waals surface area contributed by atoms with Crippen molar-refractivity contribution >= 4 is 44.9 Å². The molecule has 0 aliphatic carbocycles. The molecule has 0 heterocycles. The van der Waals surface area contributed by atoms with Crippen LogP contribution in [0.4, 0.5) is 5.69 Å². The van der Waals surface area contributed by atoms with Gasteiger partial charge in [-0.25, -0.2) is 8.42 Å². The zero-order chi connectivity index (χ0) is 17.2. The van der Waals surface area contributed by atoms with E-state index in [1.165, 1.54) is 30.3 Å². The summed E-state index contributed by atoms with van der Waals surface area (Å²) in [5.74, 6) is -1.56. The second kappa shape index (κ2) is 6.78. The van der Waals surface area contributed by atoms with Crippen molar-refractivity contribution in [1.82, 2.24) is 0 Å². The molecule has 0 amide bonds. The predicted octanol–water partition coefficient (Wildman–Crippen LogP) is 2.25. The molecule has 0 aliphatic rings. The van der Waals surface area contributed by atoms with E-state index in [1.54, 1.807) is 12.1 Å². The van der Waals surface area contributed by atoms with E-state index in [2.05, 4.69) is 0 Å². The van der Waals surface area contributed by atoms with Gasteiger partial charge in [-0.2, -0.15) is 0 Å². The van der Waals surface area contributed by atoms with E-state index < -0.39 is 22.5 Å². The Morgan fingerprint density at radius 1 is 1.13 bits per heavy atom. The van der Waals surface area contributed by atoms with Crippen LogP contribution in [0.1, 0.15) is 5.56 Å². The normalized spacial score (nSPS) is 11.3. The molecule has 0 atom stereocenters. The number of hydrogen-bond acceptors (Lipinski definition) is 4. The molecule has 0 spiro atoms. The van der Waals surface area contributed by atoms with Gasteiger partial charge in [0.1, 0.15) is 0 Å². The number of benzene rings is 2. The summed E-state index contributed by atoms with van der Waals surface area (Å²) in [6.07, 6.45) is 0. The summed E-state index contributed by atoms with van der Waals surface area (Å²) in [7, 11) is -4.14. The number of carboxylic acid groups (broad SMARTS) is 1. The molecule has 0 bridgehead atoms. The minimum absolute atomic E-state index is 0.0241. The van der Waals surface area contributed by atoms with Crippen molar-refractivity contribution < 1.29 is 18.3 Å². The van der Waals surface area contributed by atoms with E-state index in [4.69, 9.17) is 23.2 Å². The van der Waals surface area contributed by atoms with E-state index >= 15 is 0 Å². The van der Waals surface area contributed by atoms with Crippen LogP contribution in [0.2, 0.25) is 10.0 Å². The Morgan fingerprint density at radius 2 is 1.74 bits per heavy atom. The molecular weight excluding hydrogens is 361 g/mol. The molecule has 0 unspecified atom stereocenters. The maximum absolute atomic E-state index is 12.8. The smallest absolute Gasteiger partial charge is 0.264 e. The van der Waals surface area contributed by atoms with Crippen LogP contribution in [0.3, 0.4) is 0 Å². The first-order chi connectivity index (χ1) is 10.7. The topological polar surface area (TPSA) is 77.5 Å². The van der Waals surface area contributed by atoms with E-state index in [1.807, 2.05) is 6.92 Å². The third kappa shape index (κ3) is 3.96. The molecule has 2 aromatic rings. The molecule has 122 valence electrons. The molecular formula is C15H12Cl2NO4S-. The maximum Gasteiger partial charge on any atom is 0.264 e. The molecule has 0 saturated carbocycles. The Labute approximate surface area is 144 Å². The molecule has 0 aliphatic heterocycles. The van der Waals surface area contributed by atoms with Crippen molar-refractivity contribution in [2.24, 2.45) is 0 Å². The van der Waals surface area contributed by atoms with Crippen LogP contribution in [0.15, 0.2) is 47.4 Å². The quantitative estimate of drug-likeness (QED) is 0.806. The number of aryl methyl sites for hydroxylation is 1. The lowest BCUT2D eigenvalue weighted by Crippen LogP contribution is -2.41. The number of hydrogen-bond donors (Lipinski definition) is 0. The van der Waals surface area contributed by atoms with Crippen LogP contribution in [0.25, 0.3) is 0 Å². The van der Waals surface area contributed by atoms with Gasteiger partial charge < -0.3 is 9.90 Å². The minimum Gasteiger partial charge on any atom is -0.548 e. The van der Waals surface area contributed by atoms with E-state index in [0.29, 0.717) is 4.31 Å². The predicted molar refractivity (Wildman–Crippen MR) is 87.2 cm³/mol. The van der Waals surface area contributed by atoms with Crippen molar-refractivity contribution in [2.75, 3.05) is 10.8 Å². The summed E-state index contributed by atoms with van der Waals surface area (Å²) in [5.41, 5.74) is 0.847. The average molecular weight is 373 g/mol. The molecule has 2 rings (SSSR count). The second-order valence-electron chi connectivity index (χ2n) is 4.79. The highest BCUT2D eigenvalue weighted by atomic mass is 35.5. The van der Waals surface area contributed by atoms with Crippen LogP contribution < -0.4 is 9.41 Å². The van der Waals surface area contributed by atoms with E-state index in [0.717, 1.165) is 5.56 Å². The Morgan fingerprint density at radius 3 is 2.30 bits per heavy atom. The first kappa shape index (κ1) is 17.6. The highest BCUT2D eigenvalue weighted by Crippen LogP contribution is 2.32. The first-order valence-corrected chi connectivity index (χ1v) is 8.66. The third-order valence-corrected chi connectivity index (χ3v) is 5.39. The number of sulfonamides is 1. The zero-order valence-corrected chi connectivity index (χ0v) is 14.3. The van der Waals surface area contributed by atoms with Gasteiger partial charge in [-0.3, -0.25) is 4.31 Å². The number of carbonyl (C=O) groups is 1. The van der Waals surface area contributed by atoms with Crippen molar-refractivity contribution in [3.63, 3.8) is 0 Å². The second-order valence-corrected chi connectivity index (χ2v) is 7.50. The van der Waals surface area contributed by atoms with Gasteiger partial charge in [-0.15, -0.1) is 0 Å². The third-order valence-electron chi connectivity index (χ3n) is 3.06. The standard InChI is InChI=1S/C15H13Cl2NO4S/c1-10-2-5-12(6-3-10)23(21,22)18(9-15(19)20)14-8-11(16)4-7-13(14)17/h2-8H,9H2,1H3,(H,19,20)/p-1. The number of halogens is 2. The van der Waals surface area contributed by atoms with Gasteiger partial charge in [0.2, 0.25) is 0 Å². The van der Waals surface area contributed by atoms with Gasteiger partial charge in [-0.1, -0.05) is 40.9 Å². The summed E-state index contributed by atoms with van der Waals surface area (Å²) < 4.78 is 26.2.